The summed E-state index contributed by atoms with van der Waals surface area (Å²) in [6.07, 6.45) is 9.26. The Morgan fingerprint density at radius 1 is 1.00 bits per heavy atom. The lowest BCUT2D eigenvalue weighted by Gasteiger charge is -2.07. The van der Waals surface area contributed by atoms with Crippen molar-refractivity contribution in [3.8, 4) is 17.0 Å². The molecule has 0 unspecified atom stereocenters. The monoisotopic (exact) mass is 315 g/mol. The zero-order chi connectivity index (χ0) is 16.5. The predicted molar refractivity (Wildman–Crippen MR) is 93.3 cm³/mol. The molecule has 0 spiro atoms. The highest BCUT2D eigenvalue weighted by Crippen LogP contribution is 2.25. The molecule has 0 fully saturated rings. The second-order valence-electron chi connectivity index (χ2n) is 5.79. The molecule has 0 atom stereocenters. The molecule has 23 heavy (non-hydrogen) atoms. The van der Waals surface area contributed by atoms with Crippen molar-refractivity contribution in [2.24, 2.45) is 0 Å². The first-order chi connectivity index (χ1) is 11.2. The number of hydrogen-bond donors (Lipinski definition) is 0. The quantitative estimate of drug-likeness (QED) is 0.546. The zero-order valence-corrected chi connectivity index (χ0v) is 14.1. The highest BCUT2D eigenvalue weighted by molar-refractivity contribution is 5.61. The first kappa shape index (κ1) is 17.5. The summed E-state index contributed by atoms with van der Waals surface area (Å²) in [6, 6.07) is 8.89. The normalized spacial score (nSPS) is 10.7. The van der Waals surface area contributed by atoms with Crippen molar-refractivity contribution < 1.29 is 9.13 Å². The van der Waals surface area contributed by atoms with Gasteiger partial charge in [-0.1, -0.05) is 38.7 Å². The SMILES string of the molecule is CCCCCCCc1ccc(-c2ccc(OCC)cc2F)nc1. The lowest BCUT2D eigenvalue weighted by molar-refractivity contribution is 0.338. The topological polar surface area (TPSA) is 22.1 Å². The number of unbranched alkanes of at least 4 members (excludes halogenated alkanes) is 4. The molecular weight excluding hydrogens is 289 g/mol. The predicted octanol–water partition coefficient (Wildman–Crippen LogP) is 5.80. The number of pyridine rings is 1. The van der Waals surface area contributed by atoms with E-state index in [4.69, 9.17) is 4.74 Å². The molecule has 0 N–H and O–H groups in total. The Labute approximate surface area is 138 Å². The van der Waals surface area contributed by atoms with Gasteiger partial charge < -0.3 is 4.74 Å². The van der Waals surface area contributed by atoms with E-state index in [-0.39, 0.29) is 5.82 Å². The minimum Gasteiger partial charge on any atom is -0.494 e. The molecule has 1 heterocycles. The van der Waals surface area contributed by atoms with Crippen LogP contribution in [-0.4, -0.2) is 11.6 Å². The minimum absolute atomic E-state index is 0.296. The van der Waals surface area contributed by atoms with Crippen LogP contribution in [0.25, 0.3) is 11.3 Å². The van der Waals surface area contributed by atoms with Gasteiger partial charge in [-0.05, 0) is 43.5 Å². The van der Waals surface area contributed by atoms with E-state index in [0.717, 1.165) is 6.42 Å². The largest absolute Gasteiger partial charge is 0.494 e. The summed E-state index contributed by atoms with van der Waals surface area (Å²) >= 11 is 0. The highest BCUT2D eigenvalue weighted by atomic mass is 19.1. The molecule has 0 aliphatic heterocycles. The van der Waals surface area contributed by atoms with Crippen LogP contribution in [0.1, 0.15) is 51.5 Å². The number of halogens is 1. The molecule has 3 heteroatoms. The summed E-state index contributed by atoms with van der Waals surface area (Å²) in [4.78, 5) is 4.42. The molecule has 1 aromatic heterocycles. The fourth-order valence-electron chi connectivity index (χ4n) is 2.62. The van der Waals surface area contributed by atoms with E-state index in [1.807, 2.05) is 19.2 Å². The third-order valence-electron chi connectivity index (χ3n) is 3.92. The number of hydrogen-bond acceptors (Lipinski definition) is 2. The molecule has 124 valence electrons. The van der Waals surface area contributed by atoms with E-state index in [2.05, 4.69) is 18.0 Å². The maximum atomic E-state index is 14.2. The van der Waals surface area contributed by atoms with Gasteiger partial charge in [-0.2, -0.15) is 0 Å². The van der Waals surface area contributed by atoms with E-state index < -0.39 is 0 Å². The number of nitrogens with zero attached hydrogens (tertiary/aromatic N) is 1. The molecule has 0 aliphatic carbocycles. The van der Waals surface area contributed by atoms with Crippen molar-refractivity contribution in [3.63, 3.8) is 0 Å². The highest BCUT2D eigenvalue weighted by Gasteiger charge is 2.08. The van der Waals surface area contributed by atoms with Crippen LogP contribution in [0.3, 0.4) is 0 Å². The van der Waals surface area contributed by atoms with Crippen LogP contribution in [0, 0.1) is 5.82 Å². The number of rotatable bonds is 9. The van der Waals surface area contributed by atoms with Gasteiger partial charge in [-0.3, -0.25) is 4.98 Å². The van der Waals surface area contributed by atoms with Crippen LogP contribution in [0.15, 0.2) is 36.5 Å². The maximum absolute atomic E-state index is 14.2. The Morgan fingerprint density at radius 3 is 2.48 bits per heavy atom. The van der Waals surface area contributed by atoms with Crippen LogP contribution in [-0.2, 0) is 6.42 Å². The molecule has 0 amide bonds. The lowest BCUT2D eigenvalue weighted by atomic mass is 10.1. The first-order valence-corrected chi connectivity index (χ1v) is 8.62. The van der Waals surface area contributed by atoms with E-state index in [9.17, 15) is 4.39 Å². The third-order valence-corrected chi connectivity index (χ3v) is 3.92. The Hall–Kier alpha value is -1.90. The Bertz CT molecular complexity index is 595. The van der Waals surface area contributed by atoms with Crippen molar-refractivity contribution in [2.45, 2.75) is 52.4 Å². The van der Waals surface area contributed by atoms with Crippen LogP contribution in [0.4, 0.5) is 4.39 Å². The fourth-order valence-corrected chi connectivity index (χ4v) is 2.62. The Morgan fingerprint density at radius 2 is 1.83 bits per heavy atom. The number of ether oxygens (including phenoxy) is 1. The molecule has 0 saturated carbocycles. The Balaban J connectivity index is 1.96. The zero-order valence-electron chi connectivity index (χ0n) is 14.1. The second-order valence-corrected chi connectivity index (χ2v) is 5.79. The van der Waals surface area contributed by atoms with Gasteiger partial charge in [-0.25, -0.2) is 4.39 Å². The maximum Gasteiger partial charge on any atom is 0.136 e. The molecular formula is C20H26FNO. The lowest BCUT2D eigenvalue weighted by Crippen LogP contribution is -1.94. The van der Waals surface area contributed by atoms with Crippen LogP contribution < -0.4 is 4.74 Å². The van der Waals surface area contributed by atoms with E-state index in [1.54, 1.807) is 12.1 Å². The third kappa shape index (κ3) is 5.34. The van der Waals surface area contributed by atoms with Gasteiger partial charge in [0.2, 0.25) is 0 Å². The molecule has 0 radical (unpaired) electrons. The van der Waals surface area contributed by atoms with Gasteiger partial charge in [0.05, 0.1) is 12.3 Å². The minimum atomic E-state index is -0.296. The average Bonchev–Trinajstić information content (AvgIpc) is 2.56. The van der Waals surface area contributed by atoms with Crippen LogP contribution in [0.2, 0.25) is 0 Å². The molecule has 2 rings (SSSR count). The second kappa shape index (κ2) is 9.29. The van der Waals surface area contributed by atoms with Crippen molar-refractivity contribution in [1.29, 1.82) is 0 Å². The standard InChI is InChI=1S/C20H26FNO/c1-3-5-6-7-8-9-16-10-13-20(22-15-16)18-12-11-17(23-4-2)14-19(18)21/h10-15H,3-9H2,1-2H3. The van der Waals surface area contributed by atoms with Crippen molar-refractivity contribution in [2.75, 3.05) is 6.61 Å². The molecule has 1 aromatic carbocycles. The molecule has 0 bridgehead atoms. The number of aryl methyl sites for hydroxylation is 1. The summed E-state index contributed by atoms with van der Waals surface area (Å²) in [5.74, 6) is 0.258. The van der Waals surface area contributed by atoms with Crippen LogP contribution in [0.5, 0.6) is 5.75 Å². The van der Waals surface area contributed by atoms with E-state index in [0.29, 0.717) is 23.6 Å². The molecule has 2 aromatic rings. The van der Waals surface area contributed by atoms with E-state index in [1.165, 1.54) is 43.7 Å². The van der Waals surface area contributed by atoms with Gasteiger partial charge in [-0.15, -0.1) is 0 Å². The van der Waals surface area contributed by atoms with Gasteiger partial charge in [0.25, 0.3) is 0 Å². The van der Waals surface area contributed by atoms with Gasteiger partial charge >= 0.3 is 0 Å². The fraction of sp³-hybridized carbons (Fsp3) is 0.450. The number of benzene rings is 1. The van der Waals surface area contributed by atoms with Gasteiger partial charge in [0.15, 0.2) is 0 Å². The molecule has 0 aliphatic rings. The smallest absolute Gasteiger partial charge is 0.136 e. The summed E-state index contributed by atoms with van der Waals surface area (Å²) in [5, 5.41) is 0. The summed E-state index contributed by atoms with van der Waals surface area (Å²) < 4.78 is 19.5. The molecule has 0 saturated heterocycles. The summed E-state index contributed by atoms with van der Waals surface area (Å²) in [5.41, 5.74) is 2.40. The molecule has 2 nitrogen and oxygen atoms in total. The number of aromatic nitrogens is 1. The average molecular weight is 315 g/mol. The summed E-state index contributed by atoms with van der Waals surface area (Å²) in [6.45, 7) is 4.64. The van der Waals surface area contributed by atoms with Crippen molar-refractivity contribution >= 4 is 0 Å². The van der Waals surface area contributed by atoms with E-state index >= 15 is 0 Å². The van der Waals surface area contributed by atoms with Crippen molar-refractivity contribution in [1.82, 2.24) is 4.98 Å². The van der Waals surface area contributed by atoms with Crippen molar-refractivity contribution in [3.05, 3.63) is 47.9 Å². The van der Waals surface area contributed by atoms with Gasteiger partial charge in [0.1, 0.15) is 11.6 Å². The Kier molecular flexibility index (Phi) is 7.05. The van der Waals surface area contributed by atoms with Crippen LogP contribution >= 0.6 is 0 Å². The first-order valence-electron chi connectivity index (χ1n) is 8.62. The van der Waals surface area contributed by atoms with Gasteiger partial charge in [0, 0.05) is 17.8 Å². The summed E-state index contributed by atoms with van der Waals surface area (Å²) in [7, 11) is 0.